The lowest BCUT2D eigenvalue weighted by Gasteiger charge is -2.19. The third kappa shape index (κ3) is 1.97. The van der Waals surface area contributed by atoms with E-state index >= 15 is 0 Å². The Morgan fingerprint density at radius 3 is 2.64 bits per heavy atom. The Bertz CT molecular complexity index is 284. The van der Waals surface area contributed by atoms with E-state index in [4.69, 9.17) is 5.73 Å². The summed E-state index contributed by atoms with van der Waals surface area (Å²) in [5.41, 5.74) is 7.51. The highest BCUT2D eigenvalue weighted by molar-refractivity contribution is 5.19. The molecule has 2 N–H and O–H groups in total. The van der Waals surface area contributed by atoms with Crippen molar-refractivity contribution in [3.05, 3.63) is 35.9 Å². The molecular weight excluding hydrogens is 172 g/mol. The minimum atomic E-state index is 0.209. The van der Waals surface area contributed by atoms with Crippen molar-refractivity contribution >= 4 is 0 Å². The standard InChI is InChI=1S/C12H18N2/c1-14-8-7-11(9-14)12(13)10-5-3-2-4-6-10/h2-6,11-12H,7-9,13H2,1H3. The lowest BCUT2D eigenvalue weighted by Crippen LogP contribution is -2.24. The minimum Gasteiger partial charge on any atom is -0.324 e. The monoisotopic (exact) mass is 190 g/mol. The first kappa shape index (κ1) is 9.69. The molecule has 14 heavy (non-hydrogen) atoms. The fraction of sp³-hybridized carbons (Fsp3) is 0.500. The normalized spacial score (nSPS) is 25.1. The summed E-state index contributed by atoms with van der Waals surface area (Å²) in [4.78, 5) is 2.35. The van der Waals surface area contributed by atoms with E-state index in [-0.39, 0.29) is 6.04 Å². The zero-order valence-corrected chi connectivity index (χ0v) is 8.69. The first-order chi connectivity index (χ1) is 6.77. The van der Waals surface area contributed by atoms with Gasteiger partial charge < -0.3 is 10.6 Å². The third-order valence-electron chi connectivity index (χ3n) is 3.12. The summed E-state index contributed by atoms with van der Waals surface area (Å²) in [5, 5.41) is 0. The molecule has 0 aliphatic carbocycles. The molecule has 1 heterocycles. The van der Waals surface area contributed by atoms with Crippen LogP contribution >= 0.6 is 0 Å². The van der Waals surface area contributed by atoms with Gasteiger partial charge in [0.2, 0.25) is 0 Å². The Morgan fingerprint density at radius 2 is 2.07 bits per heavy atom. The van der Waals surface area contributed by atoms with Crippen molar-refractivity contribution in [1.29, 1.82) is 0 Å². The van der Waals surface area contributed by atoms with Crippen molar-refractivity contribution in [2.75, 3.05) is 20.1 Å². The topological polar surface area (TPSA) is 29.3 Å². The van der Waals surface area contributed by atoms with Gasteiger partial charge in [-0.2, -0.15) is 0 Å². The average molecular weight is 190 g/mol. The molecular formula is C12H18N2. The van der Waals surface area contributed by atoms with Crippen molar-refractivity contribution in [3.63, 3.8) is 0 Å². The summed E-state index contributed by atoms with van der Waals surface area (Å²) in [5.74, 6) is 0.627. The largest absolute Gasteiger partial charge is 0.324 e. The molecule has 1 saturated heterocycles. The summed E-state index contributed by atoms with van der Waals surface area (Å²) < 4.78 is 0. The Kier molecular flexibility index (Phi) is 2.85. The summed E-state index contributed by atoms with van der Waals surface area (Å²) in [7, 11) is 2.16. The Balaban J connectivity index is 2.05. The first-order valence-electron chi connectivity index (χ1n) is 5.26. The molecule has 1 aliphatic rings. The summed E-state index contributed by atoms with van der Waals surface area (Å²) in [6.07, 6.45) is 1.23. The number of likely N-dealkylation sites (tertiary alicyclic amines) is 1. The number of benzene rings is 1. The number of rotatable bonds is 2. The predicted molar refractivity (Wildman–Crippen MR) is 59.0 cm³/mol. The van der Waals surface area contributed by atoms with Gasteiger partial charge in [0.15, 0.2) is 0 Å². The van der Waals surface area contributed by atoms with Crippen LogP contribution in [0.25, 0.3) is 0 Å². The highest BCUT2D eigenvalue weighted by atomic mass is 15.1. The second kappa shape index (κ2) is 4.11. The fourth-order valence-electron chi connectivity index (χ4n) is 2.21. The molecule has 1 aromatic rings. The Labute approximate surface area is 85.7 Å². The molecule has 2 unspecified atom stereocenters. The van der Waals surface area contributed by atoms with Gasteiger partial charge in [0.05, 0.1) is 0 Å². The predicted octanol–water partition coefficient (Wildman–Crippen LogP) is 1.64. The summed E-state index contributed by atoms with van der Waals surface area (Å²) >= 11 is 0. The average Bonchev–Trinajstić information content (AvgIpc) is 2.65. The molecule has 0 bridgehead atoms. The minimum absolute atomic E-state index is 0.209. The second-order valence-electron chi connectivity index (χ2n) is 4.25. The van der Waals surface area contributed by atoms with Crippen LogP contribution in [0.4, 0.5) is 0 Å². The van der Waals surface area contributed by atoms with Crippen LogP contribution in [0.15, 0.2) is 30.3 Å². The highest BCUT2D eigenvalue weighted by Crippen LogP contribution is 2.26. The van der Waals surface area contributed by atoms with Crippen LogP contribution in [0.5, 0.6) is 0 Å². The van der Waals surface area contributed by atoms with Crippen molar-refractivity contribution in [1.82, 2.24) is 4.90 Å². The number of nitrogens with zero attached hydrogens (tertiary/aromatic N) is 1. The molecule has 0 aromatic heterocycles. The molecule has 1 aromatic carbocycles. The SMILES string of the molecule is CN1CCC(C(N)c2ccccc2)C1. The number of nitrogens with two attached hydrogens (primary N) is 1. The maximum atomic E-state index is 6.24. The van der Waals surface area contributed by atoms with Gasteiger partial charge >= 0.3 is 0 Å². The summed E-state index contributed by atoms with van der Waals surface area (Å²) in [6.45, 7) is 2.32. The number of hydrogen-bond donors (Lipinski definition) is 1. The lowest BCUT2D eigenvalue weighted by molar-refractivity contribution is 0.372. The van der Waals surface area contributed by atoms with E-state index < -0.39 is 0 Å². The molecule has 2 nitrogen and oxygen atoms in total. The van der Waals surface area contributed by atoms with Crippen LogP contribution < -0.4 is 5.73 Å². The van der Waals surface area contributed by atoms with E-state index in [9.17, 15) is 0 Å². The summed E-state index contributed by atoms with van der Waals surface area (Å²) in [6, 6.07) is 10.6. The molecule has 0 radical (unpaired) electrons. The van der Waals surface area contributed by atoms with Crippen molar-refractivity contribution < 1.29 is 0 Å². The van der Waals surface area contributed by atoms with E-state index in [1.165, 1.54) is 18.5 Å². The molecule has 0 saturated carbocycles. The molecule has 2 rings (SSSR count). The van der Waals surface area contributed by atoms with Crippen LogP contribution in [0, 0.1) is 5.92 Å². The van der Waals surface area contributed by atoms with Crippen molar-refractivity contribution in [3.8, 4) is 0 Å². The maximum Gasteiger partial charge on any atom is 0.0336 e. The quantitative estimate of drug-likeness (QED) is 0.768. The zero-order valence-electron chi connectivity index (χ0n) is 8.69. The van der Waals surface area contributed by atoms with Gasteiger partial charge in [-0.05, 0) is 31.5 Å². The highest BCUT2D eigenvalue weighted by Gasteiger charge is 2.25. The van der Waals surface area contributed by atoms with Gasteiger partial charge in [0.1, 0.15) is 0 Å². The van der Waals surface area contributed by atoms with E-state index in [0.29, 0.717) is 5.92 Å². The van der Waals surface area contributed by atoms with Gasteiger partial charge in [0, 0.05) is 12.6 Å². The van der Waals surface area contributed by atoms with Gasteiger partial charge in [0.25, 0.3) is 0 Å². The molecule has 1 fully saturated rings. The molecule has 2 heteroatoms. The smallest absolute Gasteiger partial charge is 0.0336 e. The molecule has 1 aliphatic heterocycles. The second-order valence-corrected chi connectivity index (χ2v) is 4.25. The van der Waals surface area contributed by atoms with Crippen LogP contribution in [-0.2, 0) is 0 Å². The molecule has 76 valence electrons. The zero-order chi connectivity index (χ0) is 9.97. The first-order valence-corrected chi connectivity index (χ1v) is 5.26. The van der Waals surface area contributed by atoms with E-state index in [0.717, 1.165) is 6.54 Å². The van der Waals surface area contributed by atoms with E-state index in [1.807, 2.05) is 6.07 Å². The van der Waals surface area contributed by atoms with E-state index in [2.05, 4.69) is 36.2 Å². The van der Waals surface area contributed by atoms with Gasteiger partial charge in [-0.3, -0.25) is 0 Å². The van der Waals surface area contributed by atoms with Crippen molar-refractivity contribution in [2.45, 2.75) is 12.5 Å². The van der Waals surface area contributed by atoms with Crippen LogP contribution in [0.1, 0.15) is 18.0 Å². The van der Waals surface area contributed by atoms with Gasteiger partial charge in [-0.1, -0.05) is 30.3 Å². The van der Waals surface area contributed by atoms with Gasteiger partial charge in [-0.15, -0.1) is 0 Å². The molecule has 0 spiro atoms. The third-order valence-corrected chi connectivity index (χ3v) is 3.12. The lowest BCUT2D eigenvalue weighted by atomic mass is 9.93. The molecule has 0 amide bonds. The van der Waals surface area contributed by atoms with Gasteiger partial charge in [-0.25, -0.2) is 0 Å². The molecule has 2 atom stereocenters. The van der Waals surface area contributed by atoms with Crippen LogP contribution in [-0.4, -0.2) is 25.0 Å². The number of hydrogen-bond acceptors (Lipinski definition) is 2. The fourth-order valence-corrected chi connectivity index (χ4v) is 2.21. The van der Waals surface area contributed by atoms with Crippen LogP contribution in [0.2, 0.25) is 0 Å². The van der Waals surface area contributed by atoms with E-state index in [1.54, 1.807) is 0 Å². The Morgan fingerprint density at radius 1 is 1.36 bits per heavy atom. The Hall–Kier alpha value is -0.860. The maximum absolute atomic E-state index is 6.24. The van der Waals surface area contributed by atoms with Crippen molar-refractivity contribution in [2.24, 2.45) is 11.7 Å². The van der Waals surface area contributed by atoms with Crippen LogP contribution in [0.3, 0.4) is 0 Å².